The van der Waals surface area contributed by atoms with Crippen LogP contribution in [0.15, 0.2) is 40.3 Å². The summed E-state index contributed by atoms with van der Waals surface area (Å²) < 4.78 is 7.02. The molecule has 0 spiro atoms. The molecule has 0 saturated heterocycles. The molecule has 0 atom stereocenters. The molecule has 3 heterocycles. The van der Waals surface area contributed by atoms with Crippen molar-refractivity contribution >= 4 is 34.3 Å². The van der Waals surface area contributed by atoms with Crippen LogP contribution in [0.4, 0.5) is 0 Å². The van der Waals surface area contributed by atoms with Gasteiger partial charge in [0.2, 0.25) is 5.91 Å². The van der Waals surface area contributed by atoms with E-state index in [0.29, 0.717) is 17.8 Å². The minimum Gasteiger partial charge on any atom is -0.463 e. The number of nitrogens with one attached hydrogen (secondary N) is 1. The average molecular weight is 331 g/mol. The normalized spacial score (nSPS) is 10.9. The first-order valence-corrected chi connectivity index (χ1v) is 8.01. The molecule has 120 valence electrons. The van der Waals surface area contributed by atoms with E-state index in [1.807, 2.05) is 17.5 Å². The highest BCUT2D eigenvalue weighted by Gasteiger charge is 2.17. The SMILES string of the molecule is CN(Cc1cccs1)C(=O)CNC(=O)c1cc2occc2n1C. The summed E-state index contributed by atoms with van der Waals surface area (Å²) in [7, 11) is 3.52. The first-order valence-electron chi connectivity index (χ1n) is 7.13. The molecule has 3 aromatic heterocycles. The Balaban J connectivity index is 1.58. The van der Waals surface area contributed by atoms with Crippen molar-refractivity contribution in [2.75, 3.05) is 13.6 Å². The van der Waals surface area contributed by atoms with Crippen molar-refractivity contribution in [3.63, 3.8) is 0 Å². The van der Waals surface area contributed by atoms with E-state index in [1.165, 1.54) is 0 Å². The van der Waals surface area contributed by atoms with Crippen LogP contribution in [0.1, 0.15) is 15.4 Å². The van der Waals surface area contributed by atoms with Gasteiger partial charge in [-0.2, -0.15) is 0 Å². The molecule has 0 radical (unpaired) electrons. The van der Waals surface area contributed by atoms with Crippen LogP contribution in [0.5, 0.6) is 0 Å². The second-order valence-corrected chi connectivity index (χ2v) is 6.30. The van der Waals surface area contributed by atoms with Gasteiger partial charge in [0.05, 0.1) is 24.9 Å². The zero-order valence-electron chi connectivity index (χ0n) is 12.9. The van der Waals surface area contributed by atoms with Crippen LogP contribution in [0, 0.1) is 0 Å². The highest BCUT2D eigenvalue weighted by atomic mass is 32.1. The topological polar surface area (TPSA) is 67.5 Å². The van der Waals surface area contributed by atoms with Gasteiger partial charge in [-0.15, -0.1) is 11.3 Å². The van der Waals surface area contributed by atoms with Gasteiger partial charge in [0, 0.05) is 31.1 Å². The fourth-order valence-corrected chi connectivity index (χ4v) is 3.13. The lowest BCUT2D eigenvalue weighted by atomic mass is 10.3. The molecule has 0 unspecified atom stereocenters. The standard InChI is InChI=1S/C16H17N3O3S/c1-18(10-11-4-3-7-23-11)15(20)9-17-16(21)13-8-14-12(19(13)2)5-6-22-14/h3-8H,9-10H2,1-2H3,(H,17,21). The van der Waals surface area contributed by atoms with Crippen LogP contribution in [-0.4, -0.2) is 34.9 Å². The second-order valence-electron chi connectivity index (χ2n) is 5.27. The summed E-state index contributed by atoms with van der Waals surface area (Å²) in [5.41, 5.74) is 1.96. The molecule has 7 heteroatoms. The zero-order valence-corrected chi connectivity index (χ0v) is 13.7. The number of amides is 2. The fraction of sp³-hybridized carbons (Fsp3) is 0.250. The van der Waals surface area contributed by atoms with Crippen molar-refractivity contribution in [2.45, 2.75) is 6.54 Å². The van der Waals surface area contributed by atoms with Gasteiger partial charge in [-0.25, -0.2) is 0 Å². The molecular formula is C16H17N3O3S. The maximum Gasteiger partial charge on any atom is 0.268 e. The Morgan fingerprint density at radius 2 is 2.22 bits per heavy atom. The molecule has 1 N–H and O–H groups in total. The molecule has 0 aliphatic heterocycles. The van der Waals surface area contributed by atoms with Crippen LogP contribution < -0.4 is 5.32 Å². The number of furan rings is 1. The molecule has 23 heavy (non-hydrogen) atoms. The number of fused-ring (bicyclic) bond motifs is 1. The lowest BCUT2D eigenvalue weighted by Gasteiger charge is -2.16. The van der Waals surface area contributed by atoms with Crippen molar-refractivity contribution in [1.82, 2.24) is 14.8 Å². The quantitative estimate of drug-likeness (QED) is 0.779. The largest absolute Gasteiger partial charge is 0.463 e. The maximum atomic E-state index is 12.2. The number of aryl methyl sites for hydroxylation is 1. The van der Waals surface area contributed by atoms with Gasteiger partial charge in [-0.05, 0) is 11.4 Å². The lowest BCUT2D eigenvalue weighted by molar-refractivity contribution is -0.129. The van der Waals surface area contributed by atoms with Crippen LogP contribution in [0.3, 0.4) is 0 Å². The van der Waals surface area contributed by atoms with Crippen molar-refractivity contribution in [1.29, 1.82) is 0 Å². The Morgan fingerprint density at radius 3 is 2.91 bits per heavy atom. The summed E-state index contributed by atoms with van der Waals surface area (Å²) in [6.45, 7) is 0.511. The molecule has 0 saturated carbocycles. The van der Waals surface area contributed by atoms with Gasteiger partial charge < -0.3 is 19.2 Å². The van der Waals surface area contributed by atoms with Crippen LogP contribution >= 0.6 is 11.3 Å². The Kier molecular flexibility index (Phi) is 4.20. The summed E-state index contributed by atoms with van der Waals surface area (Å²) in [6.07, 6.45) is 1.58. The van der Waals surface area contributed by atoms with Gasteiger partial charge in [0.1, 0.15) is 5.69 Å². The lowest BCUT2D eigenvalue weighted by Crippen LogP contribution is -2.38. The third-order valence-electron chi connectivity index (χ3n) is 3.70. The Labute approximate surface area is 137 Å². The molecule has 0 aliphatic rings. The summed E-state index contributed by atoms with van der Waals surface area (Å²) in [6, 6.07) is 7.40. The van der Waals surface area contributed by atoms with E-state index < -0.39 is 0 Å². The van der Waals surface area contributed by atoms with E-state index in [1.54, 1.807) is 53.3 Å². The van der Waals surface area contributed by atoms with Gasteiger partial charge in [0.25, 0.3) is 5.91 Å². The molecule has 0 bridgehead atoms. The third-order valence-corrected chi connectivity index (χ3v) is 4.56. The molecular weight excluding hydrogens is 314 g/mol. The molecule has 6 nitrogen and oxygen atoms in total. The van der Waals surface area contributed by atoms with E-state index in [4.69, 9.17) is 4.42 Å². The summed E-state index contributed by atoms with van der Waals surface area (Å²) >= 11 is 1.60. The van der Waals surface area contributed by atoms with Crippen molar-refractivity contribution in [3.05, 3.63) is 46.5 Å². The first-order chi connectivity index (χ1) is 11.1. The summed E-state index contributed by atoms with van der Waals surface area (Å²) in [4.78, 5) is 27.0. The van der Waals surface area contributed by atoms with E-state index in [0.717, 1.165) is 10.4 Å². The monoisotopic (exact) mass is 331 g/mol. The number of likely N-dealkylation sites (N-methyl/N-ethyl adjacent to an activating group) is 1. The van der Waals surface area contributed by atoms with Crippen molar-refractivity contribution < 1.29 is 14.0 Å². The highest BCUT2D eigenvalue weighted by Crippen LogP contribution is 2.19. The third kappa shape index (κ3) is 3.14. The van der Waals surface area contributed by atoms with Crippen LogP contribution in [-0.2, 0) is 18.4 Å². The fourth-order valence-electron chi connectivity index (χ4n) is 2.37. The Morgan fingerprint density at radius 1 is 1.39 bits per heavy atom. The minimum absolute atomic E-state index is 0.0345. The van der Waals surface area contributed by atoms with Crippen molar-refractivity contribution in [3.8, 4) is 0 Å². The number of hydrogen-bond donors (Lipinski definition) is 1. The smallest absolute Gasteiger partial charge is 0.268 e. The predicted molar refractivity (Wildman–Crippen MR) is 88.3 cm³/mol. The van der Waals surface area contributed by atoms with Crippen LogP contribution in [0.2, 0.25) is 0 Å². The van der Waals surface area contributed by atoms with Gasteiger partial charge in [-0.1, -0.05) is 6.07 Å². The number of aromatic nitrogens is 1. The maximum absolute atomic E-state index is 12.2. The first kappa shape index (κ1) is 15.4. The van der Waals surface area contributed by atoms with Crippen LogP contribution in [0.25, 0.3) is 11.1 Å². The zero-order chi connectivity index (χ0) is 16.4. The second kappa shape index (κ2) is 6.29. The summed E-state index contributed by atoms with van der Waals surface area (Å²) in [5, 5.41) is 4.63. The highest BCUT2D eigenvalue weighted by molar-refractivity contribution is 7.09. The van der Waals surface area contributed by atoms with Crippen molar-refractivity contribution in [2.24, 2.45) is 7.05 Å². The van der Waals surface area contributed by atoms with E-state index >= 15 is 0 Å². The number of thiophene rings is 1. The molecule has 3 aromatic rings. The number of carbonyl (C=O) groups excluding carboxylic acids is 2. The average Bonchev–Trinajstić information content (AvgIpc) is 3.24. The molecule has 0 aliphatic carbocycles. The Bertz CT molecular complexity index is 832. The van der Waals surface area contributed by atoms with Gasteiger partial charge >= 0.3 is 0 Å². The number of carbonyl (C=O) groups is 2. The Hall–Kier alpha value is -2.54. The van der Waals surface area contributed by atoms with Gasteiger partial charge in [-0.3, -0.25) is 9.59 Å². The van der Waals surface area contributed by atoms with Gasteiger partial charge in [0.15, 0.2) is 5.58 Å². The molecule has 0 aromatic carbocycles. The van der Waals surface area contributed by atoms with E-state index in [-0.39, 0.29) is 18.4 Å². The predicted octanol–water partition coefficient (Wildman–Crippen LogP) is 2.22. The van der Waals surface area contributed by atoms with E-state index in [9.17, 15) is 9.59 Å². The summed E-state index contributed by atoms with van der Waals surface area (Å²) in [5.74, 6) is -0.429. The molecule has 3 rings (SSSR count). The minimum atomic E-state index is -0.295. The molecule has 2 amide bonds. The number of nitrogens with zero attached hydrogens (tertiary/aromatic N) is 2. The number of hydrogen-bond acceptors (Lipinski definition) is 4. The molecule has 0 fully saturated rings. The van der Waals surface area contributed by atoms with E-state index in [2.05, 4.69) is 5.32 Å². The number of rotatable bonds is 5.